The van der Waals surface area contributed by atoms with Crippen LogP contribution in [0.5, 0.6) is 0 Å². The van der Waals surface area contributed by atoms with Gasteiger partial charge in [0, 0.05) is 31.4 Å². The second-order valence-electron chi connectivity index (χ2n) is 8.81. The van der Waals surface area contributed by atoms with E-state index in [9.17, 15) is 8.42 Å². The highest BCUT2D eigenvalue weighted by atomic mass is 127. The van der Waals surface area contributed by atoms with Gasteiger partial charge in [0.25, 0.3) is 0 Å². The molecule has 13 heteroatoms. The number of halogens is 6. The summed E-state index contributed by atoms with van der Waals surface area (Å²) >= 11 is 23.8. The molecule has 39 heavy (non-hydrogen) atoms. The number of hydrogen-bond acceptors (Lipinski definition) is 5. The Hall–Kier alpha value is 1.33. The van der Waals surface area contributed by atoms with Crippen LogP contribution in [-0.2, 0) is 26.2 Å². The first-order chi connectivity index (χ1) is 18.1. The van der Waals surface area contributed by atoms with Crippen LogP contribution < -0.4 is 0 Å². The van der Waals surface area contributed by atoms with Crippen molar-refractivity contribution < 1.29 is 8.42 Å². The van der Waals surface area contributed by atoms with Gasteiger partial charge in [0.15, 0.2) is 2.14 Å². The van der Waals surface area contributed by atoms with Crippen molar-refractivity contribution in [3.8, 4) is 0 Å². The third-order valence-corrected chi connectivity index (χ3v) is 17.0. The van der Waals surface area contributed by atoms with Crippen LogP contribution in [0.2, 0.25) is 0 Å². The summed E-state index contributed by atoms with van der Waals surface area (Å²) in [6.07, 6.45) is 4.33. The molecular formula is C26H26Br5IN2O2S3. The zero-order chi connectivity index (χ0) is 29.0. The van der Waals surface area contributed by atoms with Gasteiger partial charge in [-0.3, -0.25) is 4.98 Å². The van der Waals surface area contributed by atoms with Crippen LogP contribution in [0.1, 0.15) is 30.7 Å². The molecule has 0 aliphatic rings. The second kappa shape index (κ2) is 14.9. The molecule has 0 atom stereocenters. The predicted octanol–water partition coefficient (Wildman–Crippen LogP) is 10.1. The molecule has 0 N–H and O–H groups in total. The number of alkyl halides is 5. The summed E-state index contributed by atoms with van der Waals surface area (Å²) in [5.74, 6) is 0. The molecule has 1 heterocycles. The van der Waals surface area contributed by atoms with Gasteiger partial charge in [-0.1, -0.05) is 99.6 Å². The summed E-state index contributed by atoms with van der Waals surface area (Å²) in [6.45, 7) is 4.84. The van der Waals surface area contributed by atoms with Gasteiger partial charge in [-0.25, -0.2) is 8.42 Å². The fraction of sp³-hybridized carbons (Fsp3) is 0.346. The number of rotatable bonds is 11. The van der Waals surface area contributed by atoms with Crippen molar-refractivity contribution in [3.05, 3.63) is 81.2 Å². The average molecular weight is 1020 g/mol. The van der Waals surface area contributed by atoms with E-state index in [1.165, 1.54) is 14.1 Å². The quantitative estimate of drug-likeness (QED) is 0.109. The Morgan fingerprint density at radius 3 is 2.28 bits per heavy atom. The van der Waals surface area contributed by atoms with Crippen molar-refractivity contribution in [2.45, 2.75) is 52.1 Å². The van der Waals surface area contributed by atoms with Crippen LogP contribution in [0.15, 0.2) is 75.5 Å². The number of pyridine rings is 1. The zero-order valence-electron chi connectivity index (χ0n) is 21.2. The van der Waals surface area contributed by atoms with Gasteiger partial charge in [0.1, 0.15) is 3.23 Å². The molecule has 2 aromatic carbocycles. The number of thioether (sulfide) groups is 2. The third kappa shape index (κ3) is 9.41. The Balaban J connectivity index is 2.01. The summed E-state index contributed by atoms with van der Waals surface area (Å²) in [5, 5.41) is 0.458. The van der Waals surface area contributed by atoms with E-state index in [1.807, 2.05) is 36.0 Å². The Bertz CT molecular complexity index is 1390. The molecule has 0 radical (unpaired) electrons. The SMILES string of the molecule is CSc1cc(CCN(Cc2ccccn2)S(=O)(=O)c2ccc(I)c(C(Br)(Br)C(Br)(Br)Br)c2)cc(SC(C)C)c1. The highest BCUT2D eigenvalue weighted by molar-refractivity contribution is 14.1. The first-order valence-corrected chi connectivity index (χ1v) is 20.2. The number of hydrogen-bond donors (Lipinski definition) is 0. The second-order valence-corrected chi connectivity index (χ2v) is 24.6. The van der Waals surface area contributed by atoms with Crippen molar-refractivity contribution in [1.29, 1.82) is 0 Å². The van der Waals surface area contributed by atoms with Crippen LogP contribution in [0.25, 0.3) is 0 Å². The molecule has 4 nitrogen and oxygen atoms in total. The number of benzene rings is 2. The highest BCUT2D eigenvalue weighted by Gasteiger charge is 2.46. The summed E-state index contributed by atoms with van der Waals surface area (Å²) < 4.78 is 29.1. The van der Waals surface area contributed by atoms with Gasteiger partial charge in [0.05, 0.1) is 17.1 Å². The molecule has 0 unspecified atom stereocenters. The standard InChI is InChI=1S/C26H26Br5IN2O2S3/c1-17(2)38-21-13-18(12-20(14-21)37-3)9-11-34(16-19-6-4-5-10-33-19)39(35,36)22-7-8-24(32)23(15-22)25(27,28)26(29,30)31/h4-8,10,12-15,17H,9,11,16H2,1-3H3. The summed E-state index contributed by atoms with van der Waals surface area (Å²) in [6, 6.07) is 17.2. The Morgan fingerprint density at radius 1 is 1.00 bits per heavy atom. The van der Waals surface area contributed by atoms with Crippen LogP contribution in [0, 0.1) is 3.57 Å². The maximum atomic E-state index is 14.2. The minimum Gasteiger partial charge on any atom is -0.260 e. The molecule has 1 aromatic heterocycles. The Morgan fingerprint density at radius 2 is 1.69 bits per heavy atom. The van der Waals surface area contributed by atoms with Crippen molar-refractivity contribution in [2.24, 2.45) is 0 Å². The van der Waals surface area contributed by atoms with E-state index < -0.39 is 15.4 Å². The largest absolute Gasteiger partial charge is 0.260 e. The topological polar surface area (TPSA) is 50.3 Å². The Labute approximate surface area is 295 Å². The normalized spacial score (nSPS) is 12.9. The van der Waals surface area contributed by atoms with E-state index in [1.54, 1.807) is 30.1 Å². The predicted molar refractivity (Wildman–Crippen MR) is 193 cm³/mol. The number of sulfonamides is 1. The number of aromatic nitrogens is 1. The molecule has 0 saturated heterocycles. The third-order valence-electron chi connectivity index (χ3n) is 5.53. The average Bonchev–Trinajstić information content (AvgIpc) is 2.85. The summed E-state index contributed by atoms with van der Waals surface area (Å²) in [7, 11) is -3.87. The van der Waals surface area contributed by atoms with Crippen molar-refractivity contribution >= 4 is 136 Å². The van der Waals surface area contributed by atoms with E-state index in [4.69, 9.17) is 0 Å². The minimum atomic E-state index is -3.87. The van der Waals surface area contributed by atoms with E-state index in [-0.39, 0.29) is 11.4 Å². The first kappa shape index (κ1) is 34.8. The lowest BCUT2D eigenvalue weighted by atomic mass is 10.1. The van der Waals surface area contributed by atoms with Gasteiger partial charge >= 0.3 is 0 Å². The van der Waals surface area contributed by atoms with Crippen LogP contribution in [0.4, 0.5) is 0 Å². The Kier molecular flexibility index (Phi) is 13.3. The monoisotopic (exact) mass is 1020 g/mol. The van der Waals surface area contributed by atoms with Gasteiger partial charge in [-0.2, -0.15) is 4.31 Å². The molecule has 0 bridgehead atoms. The van der Waals surface area contributed by atoms with Gasteiger partial charge < -0.3 is 0 Å². The molecule has 0 spiro atoms. The van der Waals surface area contributed by atoms with E-state index in [0.717, 1.165) is 14.7 Å². The highest BCUT2D eigenvalue weighted by Crippen LogP contribution is 2.59. The summed E-state index contributed by atoms with van der Waals surface area (Å²) in [5.41, 5.74) is 2.55. The van der Waals surface area contributed by atoms with Crippen LogP contribution >= 0.6 is 126 Å². The molecule has 3 rings (SSSR count). The molecular weight excluding hydrogens is 995 g/mol. The fourth-order valence-corrected chi connectivity index (χ4v) is 9.41. The lowest BCUT2D eigenvalue weighted by Gasteiger charge is -2.31. The van der Waals surface area contributed by atoms with Crippen molar-refractivity contribution in [2.75, 3.05) is 12.8 Å². The van der Waals surface area contributed by atoms with Gasteiger partial charge in [0.2, 0.25) is 10.0 Å². The molecule has 0 aliphatic heterocycles. The molecule has 0 saturated carbocycles. The molecule has 212 valence electrons. The first-order valence-electron chi connectivity index (χ1n) is 11.6. The van der Waals surface area contributed by atoms with Crippen molar-refractivity contribution in [3.63, 3.8) is 0 Å². The molecule has 0 fully saturated rings. The van der Waals surface area contributed by atoms with Crippen LogP contribution in [-0.4, -0.2) is 37.9 Å². The van der Waals surface area contributed by atoms with E-state index in [2.05, 4.69) is 146 Å². The molecule has 0 aliphatic carbocycles. The molecule has 3 aromatic rings. The molecule has 0 amide bonds. The summed E-state index contributed by atoms with van der Waals surface area (Å²) in [4.78, 5) is 6.99. The van der Waals surface area contributed by atoms with Gasteiger partial charge in [-0.05, 0) is 94.9 Å². The lowest BCUT2D eigenvalue weighted by molar-refractivity contribution is 0.405. The van der Waals surface area contributed by atoms with Crippen LogP contribution in [0.3, 0.4) is 0 Å². The fourth-order valence-electron chi connectivity index (χ4n) is 3.65. The lowest BCUT2D eigenvalue weighted by Crippen LogP contribution is -2.33. The van der Waals surface area contributed by atoms with E-state index in [0.29, 0.717) is 23.9 Å². The van der Waals surface area contributed by atoms with E-state index >= 15 is 0 Å². The smallest absolute Gasteiger partial charge is 0.243 e. The minimum absolute atomic E-state index is 0.174. The number of nitrogens with zero attached hydrogens (tertiary/aromatic N) is 2. The maximum absolute atomic E-state index is 14.2. The van der Waals surface area contributed by atoms with Gasteiger partial charge in [-0.15, -0.1) is 23.5 Å². The van der Waals surface area contributed by atoms with Crippen molar-refractivity contribution in [1.82, 2.24) is 9.29 Å². The zero-order valence-corrected chi connectivity index (χ0v) is 33.7. The maximum Gasteiger partial charge on any atom is 0.243 e.